The molecule has 0 saturated heterocycles. The Kier molecular flexibility index (Phi) is 9.25. The topological polar surface area (TPSA) is 84.8 Å². The zero-order valence-electron chi connectivity index (χ0n) is 27.5. The molecule has 4 aliphatic rings. The largest absolute Gasteiger partial charge is 0.462 e. The SMILES string of the molecule is CC(=O)O[C@@H]1CC[C@@]2(C)C(=C/C(=N/NS(=O)(=O)c3ccc(C)cc3)C3[C@@H]4CC[C@H]([C@H](C)CCCC(C)C)[C@@]4(C)CC[C@@H]32)C1. The number of nitrogens with one attached hydrogen (secondary N) is 1. The Morgan fingerprint density at radius 1 is 1.02 bits per heavy atom. The number of fused-ring (bicyclic) bond motifs is 5. The number of benzene rings is 1. The molecule has 0 spiro atoms. The fraction of sp³-hybridized carbons (Fsp3) is 0.722. The molecule has 0 radical (unpaired) electrons. The van der Waals surface area contributed by atoms with E-state index in [2.05, 4.69) is 45.5 Å². The van der Waals surface area contributed by atoms with Crippen LogP contribution in [0.3, 0.4) is 0 Å². The number of aryl methyl sites for hydroxylation is 1. The molecule has 5 rings (SSSR count). The third-order valence-electron chi connectivity index (χ3n) is 12.1. The molecule has 0 aliphatic heterocycles. The Bertz CT molecular complexity index is 1350. The fourth-order valence-corrected chi connectivity index (χ4v) is 10.6. The van der Waals surface area contributed by atoms with Gasteiger partial charge in [0.2, 0.25) is 0 Å². The standard InChI is InChI=1S/C36H54N2O4S/c1-23(2)9-8-10-25(4)30-15-16-31-34-32(18-20-36(30,31)7)35(6)19-17-28(42-26(5)39)21-27(35)22-33(34)37-38-43(40,41)29-13-11-24(3)12-14-29/h11-14,22-23,25,28,30-32,34,38H,8-10,15-21H2,1-7H3/b37-33-/t25-,28-,30-,31+,32+,34?,35+,36-/m1/s1. The first-order valence-electron chi connectivity index (χ1n) is 16.8. The van der Waals surface area contributed by atoms with Crippen molar-refractivity contribution < 1.29 is 17.9 Å². The van der Waals surface area contributed by atoms with Crippen LogP contribution in [0.2, 0.25) is 0 Å². The average Bonchev–Trinajstić information content (AvgIpc) is 3.29. The van der Waals surface area contributed by atoms with Gasteiger partial charge in [0.1, 0.15) is 6.10 Å². The number of nitrogens with zero attached hydrogens (tertiary/aromatic N) is 1. The van der Waals surface area contributed by atoms with Crippen LogP contribution in [0.15, 0.2) is 45.9 Å². The monoisotopic (exact) mass is 610 g/mol. The lowest BCUT2D eigenvalue weighted by Gasteiger charge is -2.58. The summed E-state index contributed by atoms with van der Waals surface area (Å²) in [6.07, 6.45) is 13.3. The molecule has 1 aromatic rings. The number of carbonyl (C=O) groups is 1. The minimum atomic E-state index is -3.80. The molecule has 0 bridgehead atoms. The van der Waals surface area contributed by atoms with Crippen LogP contribution in [0.1, 0.15) is 111 Å². The van der Waals surface area contributed by atoms with Crippen molar-refractivity contribution in [3.05, 3.63) is 41.5 Å². The van der Waals surface area contributed by atoms with E-state index in [1.165, 1.54) is 51.0 Å². The molecule has 238 valence electrons. The van der Waals surface area contributed by atoms with E-state index in [0.717, 1.165) is 36.5 Å². The van der Waals surface area contributed by atoms with Gasteiger partial charge in [-0.1, -0.05) is 77.2 Å². The number of hydrogen-bond acceptors (Lipinski definition) is 5. The van der Waals surface area contributed by atoms with Gasteiger partial charge in [0.05, 0.1) is 10.6 Å². The zero-order chi connectivity index (χ0) is 31.2. The van der Waals surface area contributed by atoms with Crippen LogP contribution in [-0.4, -0.2) is 26.2 Å². The molecule has 3 saturated carbocycles. The molecule has 6 nitrogen and oxygen atoms in total. The van der Waals surface area contributed by atoms with Crippen molar-refractivity contribution in [3.8, 4) is 0 Å². The molecule has 1 N–H and O–H groups in total. The number of rotatable bonds is 9. The number of hydrogen-bond donors (Lipinski definition) is 1. The maximum Gasteiger partial charge on any atom is 0.302 e. The highest BCUT2D eigenvalue weighted by Crippen LogP contribution is 2.67. The normalized spacial score (nSPS) is 35.5. The van der Waals surface area contributed by atoms with Crippen LogP contribution < -0.4 is 4.83 Å². The first-order valence-corrected chi connectivity index (χ1v) is 18.3. The van der Waals surface area contributed by atoms with E-state index in [9.17, 15) is 13.2 Å². The van der Waals surface area contributed by atoms with Crippen molar-refractivity contribution in [2.75, 3.05) is 0 Å². The summed E-state index contributed by atoms with van der Waals surface area (Å²) in [5, 5.41) is 4.77. The van der Waals surface area contributed by atoms with Crippen molar-refractivity contribution in [2.24, 2.45) is 51.4 Å². The summed E-state index contributed by atoms with van der Waals surface area (Å²) in [5.41, 5.74) is 3.39. The molecule has 0 aromatic heterocycles. The molecule has 1 unspecified atom stereocenters. The van der Waals surface area contributed by atoms with E-state index < -0.39 is 10.0 Å². The van der Waals surface area contributed by atoms with Gasteiger partial charge < -0.3 is 4.74 Å². The summed E-state index contributed by atoms with van der Waals surface area (Å²) >= 11 is 0. The summed E-state index contributed by atoms with van der Waals surface area (Å²) in [6, 6.07) is 6.91. The third kappa shape index (κ3) is 6.35. The molecular formula is C36H54N2O4S. The zero-order valence-corrected chi connectivity index (χ0v) is 28.3. The lowest BCUT2D eigenvalue weighted by atomic mass is 9.46. The van der Waals surface area contributed by atoms with E-state index in [1.807, 2.05) is 19.1 Å². The number of hydrazone groups is 1. The lowest BCUT2D eigenvalue weighted by Crippen LogP contribution is -2.54. The van der Waals surface area contributed by atoms with Crippen LogP contribution >= 0.6 is 0 Å². The Labute approximate surface area is 260 Å². The number of allylic oxidation sites excluding steroid dienone is 1. The highest BCUT2D eigenvalue weighted by atomic mass is 32.2. The van der Waals surface area contributed by atoms with Crippen molar-refractivity contribution in [2.45, 2.75) is 124 Å². The molecule has 7 heteroatoms. The van der Waals surface area contributed by atoms with E-state index in [1.54, 1.807) is 12.1 Å². The summed E-state index contributed by atoms with van der Waals surface area (Å²) in [6.45, 7) is 15.5. The summed E-state index contributed by atoms with van der Waals surface area (Å²) < 4.78 is 32.4. The minimum Gasteiger partial charge on any atom is -0.462 e. The smallest absolute Gasteiger partial charge is 0.302 e. The Morgan fingerprint density at radius 3 is 2.42 bits per heavy atom. The Balaban J connectivity index is 1.49. The van der Waals surface area contributed by atoms with Gasteiger partial charge in [0, 0.05) is 19.3 Å². The lowest BCUT2D eigenvalue weighted by molar-refractivity contribution is -0.148. The third-order valence-corrected chi connectivity index (χ3v) is 13.3. The van der Waals surface area contributed by atoms with Gasteiger partial charge in [-0.15, -0.1) is 0 Å². The van der Waals surface area contributed by atoms with E-state index in [-0.39, 0.29) is 33.7 Å². The molecule has 4 aliphatic carbocycles. The first-order chi connectivity index (χ1) is 20.2. The highest BCUT2D eigenvalue weighted by molar-refractivity contribution is 7.89. The second-order valence-electron chi connectivity index (χ2n) is 15.3. The van der Waals surface area contributed by atoms with Gasteiger partial charge in [0.25, 0.3) is 10.0 Å². The quantitative estimate of drug-likeness (QED) is 0.226. The maximum atomic E-state index is 13.3. The summed E-state index contributed by atoms with van der Waals surface area (Å²) in [7, 11) is -3.80. The van der Waals surface area contributed by atoms with Gasteiger partial charge in [-0.25, -0.2) is 0 Å². The molecule has 0 amide bonds. The second-order valence-corrected chi connectivity index (χ2v) is 16.9. The molecule has 0 heterocycles. The predicted octanol–water partition coefficient (Wildman–Crippen LogP) is 8.21. The molecular weight excluding hydrogens is 556 g/mol. The van der Waals surface area contributed by atoms with Gasteiger partial charge in [0.15, 0.2) is 0 Å². The number of carbonyl (C=O) groups excluding carboxylic acids is 1. The Hall–Kier alpha value is -2.15. The van der Waals surface area contributed by atoms with Crippen LogP contribution in [0.5, 0.6) is 0 Å². The van der Waals surface area contributed by atoms with Gasteiger partial charge in [-0.3, -0.25) is 4.79 Å². The second kappa shape index (κ2) is 12.3. The number of ether oxygens (including phenoxy) is 1. The Morgan fingerprint density at radius 2 is 1.74 bits per heavy atom. The fourth-order valence-electron chi connectivity index (χ4n) is 9.74. The van der Waals surface area contributed by atoms with E-state index in [0.29, 0.717) is 30.1 Å². The highest BCUT2D eigenvalue weighted by Gasteiger charge is 2.61. The van der Waals surface area contributed by atoms with Crippen molar-refractivity contribution >= 4 is 21.7 Å². The van der Waals surface area contributed by atoms with Crippen LogP contribution in [0.4, 0.5) is 0 Å². The van der Waals surface area contributed by atoms with Gasteiger partial charge in [-0.2, -0.15) is 18.4 Å². The maximum absolute atomic E-state index is 13.3. The number of sulfonamides is 1. The van der Waals surface area contributed by atoms with Crippen molar-refractivity contribution in [1.29, 1.82) is 0 Å². The van der Waals surface area contributed by atoms with Crippen LogP contribution in [0.25, 0.3) is 0 Å². The summed E-state index contributed by atoms with van der Waals surface area (Å²) in [5.74, 6) is 2.98. The van der Waals surface area contributed by atoms with Gasteiger partial charge in [-0.05, 0) is 104 Å². The van der Waals surface area contributed by atoms with Crippen molar-refractivity contribution in [1.82, 2.24) is 4.83 Å². The predicted molar refractivity (Wildman–Crippen MR) is 173 cm³/mol. The van der Waals surface area contributed by atoms with Crippen LogP contribution in [-0.2, 0) is 19.6 Å². The van der Waals surface area contributed by atoms with E-state index in [4.69, 9.17) is 9.84 Å². The van der Waals surface area contributed by atoms with Crippen LogP contribution in [0, 0.1) is 53.3 Å². The molecule has 8 atom stereocenters. The molecule has 3 fully saturated rings. The van der Waals surface area contributed by atoms with E-state index >= 15 is 0 Å². The minimum absolute atomic E-state index is 0.0124. The number of esters is 1. The van der Waals surface area contributed by atoms with Crippen molar-refractivity contribution in [3.63, 3.8) is 0 Å². The molecule has 43 heavy (non-hydrogen) atoms. The first kappa shape index (κ1) is 32.2. The summed E-state index contributed by atoms with van der Waals surface area (Å²) in [4.78, 5) is 14.7. The molecule has 1 aromatic carbocycles. The van der Waals surface area contributed by atoms with Gasteiger partial charge >= 0.3 is 5.97 Å². The average molecular weight is 611 g/mol.